The van der Waals surface area contributed by atoms with Crippen LogP contribution in [-0.4, -0.2) is 49.6 Å². The zero-order chi connectivity index (χ0) is 14.1. The van der Waals surface area contributed by atoms with Crippen LogP contribution in [0.5, 0.6) is 5.75 Å². The smallest absolute Gasteiger partial charge is 0.265 e. The van der Waals surface area contributed by atoms with E-state index in [1.54, 1.807) is 18.2 Å². The number of benzene rings is 1. The van der Waals surface area contributed by atoms with E-state index >= 15 is 0 Å². The van der Waals surface area contributed by atoms with E-state index < -0.39 is 0 Å². The van der Waals surface area contributed by atoms with Gasteiger partial charge in [-0.25, -0.2) is 5.84 Å². The molecule has 0 bridgehead atoms. The quantitative estimate of drug-likeness (QED) is 0.322. The SMILES string of the molecule is CN(C)CCSCCOc1cccc(C(=O)NN)c1. The highest BCUT2D eigenvalue weighted by Crippen LogP contribution is 2.13. The second-order valence-corrected chi connectivity index (χ2v) is 5.49. The van der Waals surface area contributed by atoms with Gasteiger partial charge in [-0.1, -0.05) is 6.07 Å². The monoisotopic (exact) mass is 283 g/mol. The summed E-state index contributed by atoms with van der Waals surface area (Å²) in [7, 11) is 4.12. The predicted octanol–water partition coefficient (Wildman–Crippen LogP) is 0.964. The van der Waals surface area contributed by atoms with Crippen LogP contribution in [0.2, 0.25) is 0 Å². The molecule has 0 aromatic heterocycles. The third-order valence-corrected chi connectivity index (χ3v) is 3.33. The number of carbonyl (C=O) groups is 1. The number of ether oxygens (including phenoxy) is 1. The molecule has 0 spiro atoms. The van der Waals surface area contributed by atoms with E-state index in [0.29, 0.717) is 17.9 Å². The minimum Gasteiger partial charge on any atom is -0.493 e. The molecule has 0 fully saturated rings. The van der Waals surface area contributed by atoms with Gasteiger partial charge in [0.05, 0.1) is 6.61 Å². The summed E-state index contributed by atoms with van der Waals surface area (Å²) in [4.78, 5) is 13.5. The summed E-state index contributed by atoms with van der Waals surface area (Å²) >= 11 is 1.85. The van der Waals surface area contributed by atoms with E-state index in [4.69, 9.17) is 10.6 Å². The first-order valence-corrected chi connectivity index (χ1v) is 7.25. The van der Waals surface area contributed by atoms with Crippen molar-refractivity contribution in [2.24, 2.45) is 5.84 Å². The number of thioether (sulfide) groups is 1. The number of nitrogens with zero attached hydrogens (tertiary/aromatic N) is 1. The molecule has 0 saturated heterocycles. The van der Waals surface area contributed by atoms with Gasteiger partial charge < -0.3 is 9.64 Å². The number of hydrazine groups is 1. The van der Waals surface area contributed by atoms with Crippen LogP contribution >= 0.6 is 11.8 Å². The Morgan fingerprint density at radius 1 is 1.42 bits per heavy atom. The van der Waals surface area contributed by atoms with Crippen LogP contribution in [0.1, 0.15) is 10.4 Å². The highest BCUT2D eigenvalue weighted by molar-refractivity contribution is 7.99. The zero-order valence-corrected chi connectivity index (χ0v) is 12.2. The van der Waals surface area contributed by atoms with Crippen LogP contribution in [0.4, 0.5) is 0 Å². The van der Waals surface area contributed by atoms with E-state index in [-0.39, 0.29) is 5.91 Å². The van der Waals surface area contributed by atoms with Gasteiger partial charge in [0.25, 0.3) is 5.91 Å². The molecule has 1 rings (SSSR count). The van der Waals surface area contributed by atoms with E-state index in [1.807, 2.05) is 17.8 Å². The number of carbonyl (C=O) groups excluding carboxylic acids is 1. The van der Waals surface area contributed by atoms with Gasteiger partial charge in [0.2, 0.25) is 0 Å². The number of nitrogen functional groups attached to an aromatic ring is 1. The molecular weight excluding hydrogens is 262 g/mol. The Hall–Kier alpha value is -1.24. The lowest BCUT2D eigenvalue weighted by atomic mass is 10.2. The Labute approximate surface area is 118 Å². The maximum absolute atomic E-state index is 11.3. The second-order valence-electron chi connectivity index (χ2n) is 4.27. The van der Waals surface area contributed by atoms with E-state index in [2.05, 4.69) is 24.4 Å². The Bertz CT molecular complexity index is 399. The van der Waals surface area contributed by atoms with E-state index in [0.717, 1.165) is 18.1 Å². The molecule has 3 N–H and O–H groups in total. The molecule has 19 heavy (non-hydrogen) atoms. The number of amides is 1. The summed E-state index contributed by atoms with van der Waals surface area (Å²) in [5, 5.41) is 0. The first-order chi connectivity index (χ1) is 9.13. The third kappa shape index (κ3) is 6.47. The van der Waals surface area contributed by atoms with Crippen LogP contribution < -0.4 is 16.0 Å². The van der Waals surface area contributed by atoms with Gasteiger partial charge in [-0.2, -0.15) is 11.8 Å². The number of hydrogen-bond donors (Lipinski definition) is 2. The Balaban J connectivity index is 2.27. The van der Waals surface area contributed by atoms with Crippen molar-refractivity contribution in [2.45, 2.75) is 0 Å². The first-order valence-electron chi connectivity index (χ1n) is 6.09. The van der Waals surface area contributed by atoms with Crippen LogP contribution in [0.25, 0.3) is 0 Å². The third-order valence-electron chi connectivity index (χ3n) is 2.41. The van der Waals surface area contributed by atoms with Crippen molar-refractivity contribution in [3.05, 3.63) is 29.8 Å². The highest BCUT2D eigenvalue weighted by atomic mass is 32.2. The predicted molar refractivity (Wildman–Crippen MR) is 79.5 cm³/mol. The summed E-state index contributed by atoms with van der Waals surface area (Å²) in [5.41, 5.74) is 2.60. The van der Waals surface area contributed by atoms with Crippen LogP contribution in [0, 0.1) is 0 Å². The van der Waals surface area contributed by atoms with Crippen molar-refractivity contribution in [2.75, 3.05) is 38.8 Å². The summed E-state index contributed by atoms with van der Waals surface area (Å²) in [6.45, 7) is 1.70. The summed E-state index contributed by atoms with van der Waals surface area (Å²) in [5.74, 6) is 7.48. The van der Waals surface area contributed by atoms with Crippen LogP contribution in [0.15, 0.2) is 24.3 Å². The molecule has 0 atom stereocenters. The molecule has 0 aliphatic rings. The lowest BCUT2D eigenvalue weighted by molar-refractivity contribution is 0.0953. The van der Waals surface area contributed by atoms with Crippen LogP contribution in [-0.2, 0) is 0 Å². The number of rotatable bonds is 8. The molecule has 0 aliphatic heterocycles. The maximum Gasteiger partial charge on any atom is 0.265 e. The van der Waals surface area contributed by atoms with Crippen molar-refractivity contribution in [3.8, 4) is 5.75 Å². The van der Waals surface area contributed by atoms with Gasteiger partial charge in [0, 0.05) is 23.6 Å². The zero-order valence-electron chi connectivity index (χ0n) is 11.4. The molecule has 0 saturated carbocycles. The number of nitrogens with one attached hydrogen (secondary N) is 1. The average Bonchev–Trinajstić information content (AvgIpc) is 2.41. The highest BCUT2D eigenvalue weighted by Gasteiger charge is 2.04. The Kier molecular flexibility index (Phi) is 7.32. The molecule has 0 radical (unpaired) electrons. The fourth-order valence-electron chi connectivity index (χ4n) is 1.38. The molecule has 1 aromatic rings. The normalized spacial score (nSPS) is 10.5. The summed E-state index contributed by atoms with van der Waals surface area (Å²) in [6.07, 6.45) is 0. The molecule has 6 heteroatoms. The van der Waals surface area contributed by atoms with Gasteiger partial charge >= 0.3 is 0 Å². The average molecular weight is 283 g/mol. The Morgan fingerprint density at radius 2 is 2.21 bits per heavy atom. The molecule has 5 nitrogen and oxygen atoms in total. The molecule has 0 unspecified atom stereocenters. The second kappa shape index (κ2) is 8.79. The standard InChI is InChI=1S/C13H21N3O2S/c1-16(2)6-8-19-9-7-18-12-5-3-4-11(10-12)13(17)15-14/h3-5,10H,6-9,14H2,1-2H3,(H,15,17). The van der Waals surface area contributed by atoms with Gasteiger partial charge in [0.15, 0.2) is 0 Å². The van der Waals surface area contributed by atoms with Crippen molar-refractivity contribution < 1.29 is 9.53 Å². The minimum absolute atomic E-state index is 0.314. The van der Waals surface area contributed by atoms with Gasteiger partial charge in [-0.15, -0.1) is 0 Å². The molecule has 1 aromatic carbocycles. The largest absolute Gasteiger partial charge is 0.493 e. The fraction of sp³-hybridized carbons (Fsp3) is 0.462. The molecule has 1 amide bonds. The van der Waals surface area contributed by atoms with Crippen molar-refractivity contribution in [3.63, 3.8) is 0 Å². The van der Waals surface area contributed by atoms with E-state index in [1.165, 1.54) is 0 Å². The topological polar surface area (TPSA) is 67.6 Å². The van der Waals surface area contributed by atoms with Crippen LogP contribution in [0.3, 0.4) is 0 Å². The van der Waals surface area contributed by atoms with Gasteiger partial charge in [-0.05, 0) is 32.3 Å². The van der Waals surface area contributed by atoms with Gasteiger partial charge in [-0.3, -0.25) is 10.2 Å². The lowest BCUT2D eigenvalue weighted by Crippen LogP contribution is -2.29. The Morgan fingerprint density at radius 3 is 2.89 bits per heavy atom. The van der Waals surface area contributed by atoms with Crippen molar-refractivity contribution in [1.29, 1.82) is 0 Å². The summed E-state index contributed by atoms with van der Waals surface area (Å²) in [6, 6.07) is 6.99. The van der Waals surface area contributed by atoms with Gasteiger partial charge in [0.1, 0.15) is 5.75 Å². The first kappa shape index (κ1) is 15.8. The molecule has 106 valence electrons. The number of hydrogen-bond acceptors (Lipinski definition) is 5. The molecule has 0 aliphatic carbocycles. The number of nitrogens with two attached hydrogens (primary N) is 1. The lowest BCUT2D eigenvalue weighted by Gasteiger charge is -2.10. The fourth-order valence-corrected chi connectivity index (χ4v) is 2.28. The summed E-state index contributed by atoms with van der Waals surface area (Å²) < 4.78 is 5.59. The maximum atomic E-state index is 11.3. The van der Waals surface area contributed by atoms with Crippen molar-refractivity contribution >= 4 is 17.7 Å². The minimum atomic E-state index is -0.314. The molecular formula is C13H21N3O2S. The molecule has 0 heterocycles. The van der Waals surface area contributed by atoms with E-state index in [9.17, 15) is 4.79 Å². The van der Waals surface area contributed by atoms with Crippen molar-refractivity contribution in [1.82, 2.24) is 10.3 Å².